The van der Waals surface area contributed by atoms with Gasteiger partial charge in [-0.1, -0.05) is 94.9 Å². The monoisotopic (exact) mass is 1010 g/mol. The number of carbonyl (C=O) groups is 2. The molecule has 0 fully saturated rings. The van der Waals surface area contributed by atoms with E-state index in [4.69, 9.17) is 36.8 Å². The number of nitrogens with zero attached hydrogens (tertiary/aromatic N) is 8. The van der Waals surface area contributed by atoms with Gasteiger partial charge in [0.25, 0.3) is 11.8 Å². The number of aromatic nitrogens is 8. The predicted octanol–water partition coefficient (Wildman–Crippen LogP) is 12.6. The second-order valence-electron chi connectivity index (χ2n) is 15.6. The molecule has 0 atom stereocenters. The highest BCUT2D eigenvalue weighted by Crippen LogP contribution is 2.36. The molecule has 0 saturated heterocycles. The number of nitrogens with one attached hydrogen (secondary N) is 3. The number of nitrogen functional groups attached to an aromatic ring is 1. The minimum Gasteiger partial charge on any atom is -0.457 e. The maximum absolute atomic E-state index is 12.7. The zero-order valence-corrected chi connectivity index (χ0v) is 40.2. The Morgan fingerprint density at radius 3 is 1.55 bits per heavy atom. The molecule has 5 N–H and O–H groups in total. The van der Waals surface area contributed by atoms with Gasteiger partial charge in [0.15, 0.2) is 5.82 Å². The van der Waals surface area contributed by atoms with Crippen molar-refractivity contribution in [1.82, 2.24) is 40.6 Å². The number of rotatable bonds is 12. The zero-order chi connectivity index (χ0) is 50.1. The summed E-state index contributed by atoms with van der Waals surface area (Å²) in [7, 11) is 0. The van der Waals surface area contributed by atoms with E-state index in [9.17, 15) is 14.9 Å². The van der Waals surface area contributed by atoms with Crippen LogP contribution in [0.2, 0.25) is 5.02 Å². The molecule has 354 valence electrons. The predicted molar refractivity (Wildman–Crippen MR) is 283 cm³/mol. The lowest BCUT2D eigenvalue weighted by Crippen LogP contribution is -2.11. The lowest BCUT2D eigenvalue weighted by molar-refractivity contribution is 0.101. The number of pyridine rings is 2. The number of hydrogen-bond donors (Lipinski definition) is 4. The van der Waals surface area contributed by atoms with Crippen LogP contribution in [0.15, 0.2) is 181 Å². The first-order valence-electron chi connectivity index (χ1n) is 22.0. The molecular formula is C54H35ClN12O4S2. The van der Waals surface area contributed by atoms with Crippen molar-refractivity contribution in [1.29, 1.82) is 5.26 Å². The van der Waals surface area contributed by atoms with E-state index < -0.39 is 0 Å². The van der Waals surface area contributed by atoms with Crippen LogP contribution in [0.5, 0.6) is 23.0 Å². The first-order valence-corrected chi connectivity index (χ1v) is 24.2. The van der Waals surface area contributed by atoms with Crippen LogP contribution in [0.1, 0.15) is 26.3 Å². The molecule has 0 radical (unpaired) electrons. The fourth-order valence-corrected chi connectivity index (χ4v) is 8.56. The number of carbonyl (C=O) groups excluding carboxylic acids is 2. The average Bonchev–Trinajstić information content (AvgIpc) is 4.24. The Morgan fingerprint density at radius 2 is 1.05 bits per heavy atom. The molecule has 19 heteroatoms. The number of fused-ring (bicyclic) bond motifs is 1. The van der Waals surface area contributed by atoms with Gasteiger partial charge in [-0.05, 0) is 109 Å². The topological polar surface area (TPSA) is 232 Å². The minimum absolute atomic E-state index is 0.266. The summed E-state index contributed by atoms with van der Waals surface area (Å²) in [6.45, 7) is 0. The minimum atomic E-state index is -0.317. The second kappa shape index (κ2) is 21.5. The molecule has 0 aliphatic heterocycles. The molecule has 0 spiro atoms. The molecule has 11 aromatic rings. The number of aromatic amines is 1. The number of ether oxygens (including phenoxy) is 2. The van der Waals surface area contributed by atoms with Crippen LogP contribution in [0, 0.1) is 11.3 Å². The standard InChI is InChI=1S/C27H16ClN5O2S.C27H19N7O2S/c28-23-14-24(18-5-4-6-19(13-18)26(34)32-27-33-30-16-36-27)31-25(22(23)15-29)17-9-11-21(12-10-17)35-20-7-2-1-3-8-20;28-25-23-22(32-33-25)14-21(17-5-4-6-18(13-17)26(35)31-27-34-29-15-37-27)30-24(23)16-9-11-20(12-10-16)36-19-7-2-1-3-8-19/h1-14,16H,(H,32,33,34);1-15H,(H3,28,32,33)(H,31,34,35). The Balaban J connectivity index is 0.000000168. The van der Waals surface area contributed by atoms with Crippen molar-refractivity contribution in [2.24, 2.45) is 0 Å². The van der Waals surface area contributed by atoms with E-state index in [1.54, 1.807) is 41.9 Å². The summed E-state index contributed by atoms with van der Waals surface area (Å²) < 4.78 is 11.8. The van der Waals surface area contributed by atoms with Gasteiger partial charge >= 0.3 is 0 Å². The van der Waals surface area contributed by atoms with E-state index in [-0.39, 0.29) is 22.4 Å². The highest BCUT2D eigenvalue weighted by atomic mass is 35.5. The number of hydrogen-bond acceptors (Lipinski definition) is 15. The number of anilines is 3. The molecule has 16 nitrogen and oxygen atoms in total. The van der Waals surface area contributed by atoms with Crippen LogP contribution in [0.25, 0.3) is 55.9 Å². The molecular weight excluding hydrogens is 980 g/mol. The maximum Gasteiger partial charge on any atom is 0.257 e. The number of H-pyrrole nitrogens is 1. The van der Waals surface area contributed by atoms with Crippen molar-refractivity contribution in [2.45, 2.75) is 0 Å². The summed E-state index contributed by atoms with van der Waals surface area (Å²) in [4.78, 5) is 35.0. The largest absolute Gasteiger partial charge is 0.457 e. The lowest BCUT2D eigenvalue weighted by Gasteiger charge is -2.11. The van der Waals surface area contributed by atoms with E-state index >= 15 is 0 Å². The molecule has 0 saturated carbocycles. The molecule has 0 aliphatic rings. The van der Waals surface area contributed by atoms with E-state index in [1.807, 2.05) is 133 Å². The Bertz CT molecular complexity index is 3760. The van der Waals surface area contributed by atoms with Crippen molar-refractivity contribution in [3.05, 3.63) is 203 Å². The molecule has 0 bridgehead atoms. The fraction of sp³-hybridized carbons (Fsp3) is 0. The second-order valence-corrected chi connectivity index (χ2v) is 17.7. The Hall–Kier alpha value is -9.67. The smallest absolute Gasteiger partial charge is 0.257 e. The molecule has 5 heterocycles. The van der Waals surface area contributed by atoms with Gasteiger partial charge in [0.05, 0.1) is 44.3 Å². The molecule has 11 rings (SSSR count). The van der Waals surface area contributed by atoms with Gasteiger partial charge in [-0.25, -0.2) is 9.97 Å². The highest BCUT2D eigenvalue weighted by molar-refractivity contribution is 7.13. The summed E-state index contributed by atoms with van der Waals surface area (Å²) in [6.07, 6.45) is 0. The summed E-state index contributed by atoms with van der Waals surface area (Å²) >= 11 is 8.97. The summed E-state index contributed by atoms with van der Waals surface area (Å²) in [5.74, 6) is 2.60. The number of para-hydroxylation sites is 2. The van der Waals surface area contributed by atoms with Crippen LogP contribution < -0.4 is 25.8 Å². The average molecular weight is 1020 g/mol. The van der Waals surface area contributed by atoms with Gasteiger partial charge < -0.3 is 15.2 Å². The van der Waals surface area contributed by atoms with Crippen molar-refractivity contribution in [3.8, 4) is 74.1 Å². The number of amides is 2. The lowest BCUT2D eigenvalue weighted by atomic mass is 10.0. The van der Waals surface area contributed by atoms with Gasteiger partial charge in [0.2, 0.25) is 10.3 Å². The molecule has 0 unspecified atom stereocenters. The van der Waals surface area contributed by atoms with Crippen LogP contribution in [-0.2, 0) is 0 Å². The van der Waals surface area contributed by atoms with Crippen LogP contribution >= 0.6 is 34.3 Å². The SMILES string of the molecule is N#Cc1c(Cl)cc(-c2cccc(C(=O)Nc3nncs3)c2)nc1-c1ccc(Oc2ccccc2)cc1.Nc1n[nH]c2cc(-c3cccc(C(=O)Nc4nncs4)c3)nc(-c3ccc(Oc4ccccc4)cc3)c12. The van der Waals surface area contributed by atoms with E-state index in [1.165, 1.54) is 28.2 Å². The summed E-state index contributed by atoms with van der Waals surface area (Å²) in [5, 5.41) is 39.4. The van der Waals surface area contributed by atoms with E-state index in [2.05, 4.69) is 47.3 Å². The van der Waals surface area contributed by atoms with Crippen molar-refractivity contribution < 1.29 is 19.1 Å². The maximum atomic E-state index is 12.7. The van der Waals surface area contributed by atoms with E-state index in [0.29, 0.717) is 72.6 Å². The molecule has 5 aromatic heterocycles. The van der Waals surface area contributed by atoms with E-state index in [0.717, 1.165) is 33.5 Å². The molecule has 2 amide bonds. The summed E-state index contributed by atoms with van der Waals surface area (Å²) in [6, 6.07) is 53.8. The number of halogens is 1. The highest BCUT2D eigenvalue weighted by Gasteiger charge is 2.19. The Morgan fingerprint density at radius 1 is 0.575 bits per heavy atom. The number of nitrogens with two attached hydrogens (primary N) is 1. The molecule has 0 aliphatic carbocycles. The van der Waals surface area contributed by atoms with Gasteiger partial charge in [0.1, 0.15) is 40.1 Å². The quantitative estimate of drug-likeness (QED) is 0.0893. The normalized spacial score (nSPS) is 10.7. The van der Waals surface area contributed by atoms with Crippen LogP contribution in [0.3, 0.4) is 0 Å². The third kappa shape index (κ3) is 11.0. The molecule has 6 aromatic carbocycles. The fourth-order valence-electron chi connectivity index (χ4n) is 7.45. The molecule has 73 heavy (non-hydrogen) atoms. The van der Waals surface area contributed by atoms with Gasteiger partial charge in [-0.15, -0.1) is 20.4 Å². The first kappa shape index (κ1) is 47.0. The van der Waals surface area contributed by atoms with Crippen molar-refractivity contribution in [2.75, 3.05) is 16.4 Å². The van der Waals surface area contributed by atoms with Crippen LogP contribution in [-0.4, -0.2) is 52.4 Å². The third-order valence-electron chi connectivity index (χ3n) is 10.9. The van der Waals surface area contributed by atoms with Gasteiger partial charge in [-0.2, -0.15) is 10.4 Å². The summed E-state index contributed by atoms with van der Waals surface area (Å²) in [5.41, 5.74) is 16.5. The Kier molecular flexibility index (Phi) is 13.9. The van der Waals surface area contributed by atoms with Gasteiger partial charge in [-0.3, -0.25) is 25.3 Å². The first-order chi connectivity index (χ1) is 35.7. The number of nitriles is 1. The number of benzene rings is 6. The van der Waals surface area contributed by atoms with Crippen LogP contribution in [0.4, 0.5) is 16.1 Å². The Labute approximate surface area is 428 Å². The zero-order valence-electron chi connectivity index (χ0n) is 37.8. The van der Waals surface area contributed by atoms with Gasteiger partial charge in [0, 0.05) is 33.4 Å². The van der Waals surface area contributed by atoms with Crippen molar-refractivity contribution >= 4 is 73.1 Å². The third-order valence-corrected chi connectivity index (χ3v) is 12.4. The van der Waals surface area contributed by atoms with Crippen molar-refractivity contribution in [3.63, 3.8) is 0 Å².